The second kappa shape index (κ2) is 10.3. The van der Waals surface area contributed by atoms with E-state index in [0.717, 1.165) is 22.3 Å². The Labute approximate surface area is 200 Å². The summed E-state index contributed by atoms with van der Waals surface area (Å²) in [5.41, 5.74) is 4.01. The Morgan fingerprint density at radius 1 is 0.824 bits per heavy atom. The Hall–Kier alpha value is -3.93. The van der Waals surface area contributed by atoms with Crippen molar-refractivity contribution >= 4 is 12.0 Å². The predicted octanol–water partition coefficient (Wildman–Crippen LogP) is 4.91. The number of fused-ring (bicyclic) bond motifs is 1. The average Bonchev–Trinajstić information content (AvgIpc) is 2.90. The van der Waals surface area contributed by atoms with Gasteiger partial charge in [-0.25, -0.2) is 0 Å². The maximum Gasteiger partial charge on any atom is 0.247 e. The van der Waals surface area contributed by atoms with Gasteiger partial charge in [-0.1, -0.05) is 36.4 Å². The van der Waals surface area contributed by atoms with Crippen LogP contribution in [0, 0.1) is 0 Å². The third-order valence-electron chi connectivity index (χ3n) is 6.10. The lowest BCUT2D eigenvalue weighted by Crippen LogP contribution is -2.39. The Morgan fingerprint density at radius 2 is 1.47 bits per heavy atom. The molecule has 1 aliphatic rings. The van der Waals surface area contributed by atoms with Gasteiger partial charge in [0.15, 0.2) is 23.0 Å². The van der Waals surface area contributed by atoms with Crippen molar-refractivity contribution in [1.29, 1.82) is 0 Å². The summed E-state index contributed by atoms with van der Waals surface area (Å²) in [5.74, 6) is 2.48. The maximum atomic E-state index is 13.4. The normalized spacial score (nSPS) is 15.1. The number of benzene rings is 3. The average molecular weight is 460 g/mol. The number of hydrogen-bond acceptors (Lipinski definition) is 5. The summed E-state index contributed by atoms with van der Waals surface area (Å²) in [7, 11) is 6.46. The van der Waals surface area contributed by atoms with E-state index in [-0.39, 0.29) is 11.9 Å². The lowest BCUT2D eigenvalue weighted by Gasteiger charge is -2.38. The fraction of sp³-hybridized carbons (Fsp3) is 0.250. The summed E-state index contributed by atoms with van der Waals surface area (Å²) in [6.45, 7) is 0.569. The molecule has 3 aromatic carbocycles. The van der Waals surface area contributed by atoms with Gasteiger partial charge in [0.1, 0.15) is 0 Å². The van der Waals surface area contributed by atoms with Crippen LogP contribution in [0.15, 0.2) is 66.7 Å². The van der Waals surface area contributed by atoms with Crippen LogP contribution in [-0.2, 0) is 11.2 Å². The largest absolute Gasteiger partial charge is 0.493 e. The van der Waals surface area contributed by atoms with Gasteiger partial charge >= 0.3 is 0 Å². The molecule has 6 nitrogen and oxygen atoms in total. The third kappa shape index (κ3) is 4.57. The number of nitrogens with zero attached hydrogens (tertiary/aromatic N) is 1. The number of ether oxygens (including phenoxy) is 4. The van der Waals surface area contributed by atoms with E-state index in [1.165, 1.54) is 0 Å². The topological polar surface area (TPSA) is 57.2 Å². The molecular weight excluding hydrogens is 430 g/mol. The number of methoxy groups -OCH3 is 4. The van der Waals surface area contributed by atoms with Crippen LogP contribution >= 0.6 is 0 Å². The second-order valence-corrected chi connectivity index (χ2v) is 7.95. The molecule has 0 radical (unpaired) electrons. The Morgan fingerprint density at radius 3 is 2.15 bits per heavy atom. The van der Waals surface area contributed by atoms with Crippen molar-refractivity contribution in [3.05, 3.63) is 89.0 Å². The van der Waals surface area contributed by atoms with Crippen LogP contribution in [0.5, 0.6) is 23.0 Å². The van der Waals surface area contributed by atoms with Gasteiger partial charge in [-0.15, -0.1) is 0 Å². The van der Waals surface area contributed by atoms with Crippen molar-refractivity contribution in [2.75, 3.05) is 35.0 Å². The number of amides is 1. The number of hydrogen-bond donors (Lipinski definition) is 0. The zero-order valence-corrected chi connectivity index (χ0v) is 19.9. The first-order valence-electron chi connectivity index (χ1n) is 11.1. The first-order valence-corrected chi connectivity index (χ1v) is 11.1. The summed E-state index contributed by atoms with van der Waals surface area (Å²) in [4.78, 5) is 15.3. The predicted molar refractivity (Wildman–Crippen MR) is 132 cm³/mol. The van der Waals surface area contributed by atoms with Gasteiger partial charge < -0.3 is 23.8 Å². The van der Waals surface area contributed by atoms with Gasteiger partial charge in [-0.2, -0.15) is 0 Å². The highest BCUT2D eigenvalue weighted by Gasteiger charge is 2.33. The van der Waals surface area contributed by atoms with Crippen molar-refractivity contribution in [3.8, 4) is 23.0 Å². The second-order valence-electron chi connectivity index (χ2n) is 7.95. The van der Waals surface area contributed by atoms with Gasteiger partial charge in [-0.05, 0) is 59.0 Å². The summed E-state index contributed by atoms with van der Waals surface area (Å²) in [6, 6.07) is 19.2. The highest BCUT2D eigenvalue weighted by Crippen LogP contribution is 2.43. The molecule has 1 aliphatic heterocycles. The minimum atomic E-state index is -0.323. The van der Waals surface area contributed by atoms with E-state index in [4.69, 9.17) is 18.9 Å². The number of carbonyl (C=O) groups excluding carboxylic acids is 1. The molecule has 1 unspecified atom stereocenters. The molecule has 0 saturated carbocycles. The molecule has 4 rings (SSSR count). The van der Waals surface area contributed by atoms with Gasteiger partial charge in [0, 0.05) is 12.6 Å². The van der Waals surface area contributed by atoms with Crippen LogP contribution in [-0.4, -0.2) is 45.8 Å². The first-order chi connectivity index (χ1) is 16.6. The van der Waals surface area contributed by atoms with E-state index in [1.54, 1.807) is 34.5 Å². The van der Waals surface area contributed by atoms with E-state index in [1.807, 2.05) is 71.6 Å². The maximum absolute atomic E-state index is 13.4. The van der Waals surface area contributed by atoms with Crippen molar-refractivity contribution in [1.82, 2.24) is 4.90 Å². The molecule has 0 saturated heterocycles. The van der Waals surface area contributed by atoms with E-state index in [2.05, 4.69) is 0 Å². The molecule has 1 heterocycles. The summed E-state index contributed by atoms with van der Waals surface area (Å²) >= 11 is 0. The van der Waals surface area contributed by atoms with Crippen molar-refractivity contribution < 1.29 is 23.7 Å². The first kappa shape index (κ1) is 23.2. The molecular formula is C28H29NO5. The SMILES string of the molecule is COc1ccc(C2c3cc(OC)c(OC)cc3CCN2C(=O)/C=C/c2ccccc2)cc1OC. The molecule has 0 spiro atoms. The quantitative estimate of drug-likeness (QED) is 0.470. The molecule has 1 atom stereocenters. The van der Waals surface area contributed by atoms with E-state index < -0.39 is 0 Å². The molecule has 6 heteroatoms. The molecule has 34 heavy (non-hydrogen) atoms. The zero-order valence-electron chi connectivity index (χ0n) is 19.9. The lowest BCUT2D eigenvalue weighted by molar-refractivity contribution is -0.127. The molecule has 1 amide bonds. The fourth-order valence-electron chi connectivity index (χ4n) is 4.39. The summed E-state index contributed by atoms with van der Waals surface area (Å²) in [6.07, 6.45) is 4.19. The van der Waals surface area contributed by atoms with E-state index in [0.29, 0.717) is 36.0 Å². The molecule has 0 aromatic heterocycles. The highest BCUT2D eigenvalue weighted by atomic mass is 16.5. The van der Waals surface area contributed by atoms with Crippen LogP contribution in [0.2, 0.25) is 0 Å². The molecule has 0 aliphatic carbocycles. The van der Waals surface area contributed by atoms with Gasteiger partial charge in [0.2, 0.25) is 5.91 Å². The van der Waals surface area contributed by atoms with Crippen molar-refractivity contribution in [2.45, 2.75) is 12.5 Å². The lowest BCUT2D eigenvalue weighted by atomic mass is 9.87. The van der Waals surface area contributed by atoms with Crippen LogP contribution < -0.4 is 18.9 Å². The Kier molecular flexibility index (Phi) is 7.07. The minimum Gasteiger partial charge on any atom is -0.493 e. The molecule has 0 fully saturated rings. The van der Waals surface area contributed by atoms with Gasteiger partial charge in [0.05, 0.1) is 34.5 Å². The molecule has 176 valence electrons. The fourth-order valence-corrected chi connectivity index (χ4v) is 4.39. The number of rotatable bonds is 7. The third-order valence-corrected chi connectivity index (χ3v) is 6.10. The Balaban J connectivity index is 1.80. The van der Waals surface area contributed by atoms with E-state index >= 15 is 0 Å². The van der Waals surface area contributed by atoms with Crippen molar-refractivity contribution in [3.63, 3.8) is 0 Å². The monoisotopic (exact) mass is 459 g/mol. The van der Waals surface area contributed by atoms with Crippen LogP contribution in [0.3, 0.4) is 0 Å². The van der Waals surface area contributed by atoms with E-state index in [9.17, 15) is 4.79 Å². The molecule has 0 bridgehead atoms. The zero-order chi connectivity index (χ0) is 24.1. The van der Waals surface area contributed by atoms with Gasteiger partial charge in [-0.3, -0.25) is 4.79 Å². The smallest absolute Gasteiger partial charge is 0.247 e. The minimum absolute atomic E-state index is 0.0657. The van der Waals surface area contributed by atoms with Crippen LogP contribution in [0.25, 0.3) is 6.08 Å². The Bertz CT molecular complexity index is 1190. The summed E-state index contributed by atoms with van der Waals surface area (Å²) < 4.78 is 22.1. The van der Waals surface area contributed by atoms with Crippen LogP contribution in [0.1, 0.15) is 28.3 Å². The van der Waals surface area contributed by atoms with Gasteiger partial charge in [0.25, 0.3) is 0 Å². The van der Waals surface area contributed by atoms with Crippen LogP contribution in [0.4, 0.5) is 0 Å². The number of carbonyl (C=O) groups is 1. The van der Waals surface area contributed by atoms with Crippen molar-refractivity contribution in [2.24, 2.45) is 0 Å². The standard InChI is InChI=1S/C28H29NO5/c1-31-23-12-11-21(17-24(23)32-2)28-22-18-26(34-4)25(33-3)16-20(22)14-15-29(28)27(30)13-10-19-8-6-5-7-9-19/h5-13,16-18,28H,14-15H2,1-4H3/b13-10+. The highest BCUT2D eigenvalue weighted by molar-refractivity contribution is 5.92. The summed E-state index contributed by atoms with van der Waals surface area (Å²) in [5, 5.41) is 0. The molecule has 3 aromatic rings. The molecule has 0 N–H and O–H groups in total.